The van der Waals surface area contributed by atoms with Gasteiger partial charge in [-0.25, -0.2) is 9.13 Å². The first-order chi connectivity index (χ1) is 5.29. The molecule has 0 spiro atoms. The molecule has 0 fully saturated rings. The van der Waals surface area contributed by atoms with Gasteiger partial charge in [-0.3, -0.25) is 0 Å². The number of hydrogen-bond acceptors (Lipinski definition) is 1. The Balaban J connectivity index is 2.86. The molecule has 0 atom stereocenters. The van der Waals surface area contributed by atoms with Gasteiger partial charge in [0.05, 0.1) is 7.05 Å². The lowest BCUT2D eigenvalue weighted by Crippen LogP contribution is -2.31. The van der Waals surface area contributed by atoms with E-state index in [0.717, 1.165) is 6.42 Å². The maximum Gasteiger partial charge on any atom is 0.257 e. The number of imidazole rings is 1. The normalized spacial score (nSPS) is 10.5. The molecule has 0 aliphatic carbocycles. The molecule has 0 N–H and O–H groups in total. The van der Waals surface area contributed by atoms with Crippen molar-refractivity contribution in [2.45, 2.75) is 20.1 Å². The van der Waals surface area contributed by atoms with E-state index in [0.29, 0.717) is 6.73 Å². The molecule has 11 heavy (non-hydrogen) atoms. The maximum absolute atomic E-state index is 5.03. The van der Waals surface area contributed by atoms with Crippen LogP contribution in [-0.2, 0) is 24.9 Å². The molecule has 0 aromatic carbocycles. The largest absolute Gasteiger partial charge is 0.345 e. The molecular formula is C8H15N2O+. The number of methoxy groups -OCH3 is 1. The van der Waals surface area contributed by atoms with E-state index in [1.54, 1.807) is 7.11 Å². The van der Waals surface area contributed by atoms with E-state index in [1.165, 1.54) is 5.82 Å². The molecule has 0 saturated carbocycles. The summed E-state index contributed by atoms with van der Waals surface area (Å²) in [4.78, 5) is 0. The molecule has 62 valence electrons. The monoisotopic (exact) mass is 155 g/mol. The third-order valence-corrected chi connectivity index (χ3v) is 1.79. The smallest absolute Gasteiger partial charge is 0.257 e. The first kappa shape index (κ1) is 8.27. The number of nitrogens with zero attached hydrogens (tertiary/aromatic N) is 2. The van der Waals surface area contributed by atoms with Gasteiger partial charge in [-0.05, 0) is 0 Å². The van der Waals surface area contributed by atoms with Gasteiger partial charge >= 0.3 is 0 Å². The highest BCUT2D eigenvalue weighted by Crippen LogP contribution is 1.95. The molecule has 3 nitrogen and oxygen atoms in total. The second kappa shape index (κ2) is 3.53. The summed E-state index contributed by atoms with van der Waals surface area (Å²) in [5.41, 5.74) is 0. The number of aromatic nitrogens is 2. The van der Waals surface area contributed by atoms with Gasteiger partial charge in [-0.2, -0.15) is 0 Å². The van der Waals surface area contributed by atoms with Crippen molar-refractivity contribution >= 4 is 0 Å². The molecule has 3 heteroatoms. The Hall–Kier alpha value is -0.830. The van der Waals surface area contributed by atoms with E-state index in [-0.39, 0.29) is 0 Å². The lowest BCUT2D eigenvalue weighted by atomic mass is 10.4. The average molecular weight is 155 g/mol. The molecule has 0 radical (unpaired) electrons. The molecule has 0 unspecified atom stereocenters. The summed E-state index contributed by atoms with van der Waals surface area (Å²) < 4.78 is 9.24. The van der Waals surface area contributed by atoms with Crippen molar-refractivity contribution in [1.29, 1.82) is 0 Å². The van der Waals surface area contributed by atoms with Gasteiger partial charge in [0, 0.05) is 13.5 Å². The molecule has 0 amide bonds. The van der Waals surface area contributed by atoms with E-state index >= 15 is 0 Å². The van der Waals surface area contributed by atoms with Crippen molar-refractivity contribution in [3.05, 3.63) is 18.2 Å². The van der Waals surface area contributed by atoms with E-state index < -0.39 is 0 Å². The molecule has 0 aliphatic heterocycles. The molecule has 1 heterocycles. The average Bonchev–Trinajstić information content (AvgIpc) is 2.33. The van der Waals surface area contributed by atoms with Crippen LogP contribution in [-0.4, -0.2) is 11.7 Å². The molecule has 0 aliphatic rings. The molecule has 0 saturated heterocycles. The van der Waals surface area contributed by atoms with Crippen LogP contribution in [0.15, 0.2) is 12.4 Å². The minimum absolute atomic E-state index is 0.643. The van der Waals surface area contributed by atoms with Gasteiger partial charge in [0.15, 0.2) is 6.73 Å². The highest BCUT2D eigenvalue weighted by Gasteiger charge is 2.10. The van der Waals surface area contributed by atoms with Crippen LogP contribution >= 0.6 is 0 Å². The van der Waals surface area contributed by atoms with Gasteiger partial charge in [0.2, 0.25) is 0 Å². The Morgan fingerprint density at radius 1 is 1.64 bits per heavy atom. The molecule has 0 bridgehead atoms. The van der Waals surface area contributed by atoms with Crippen molar-refractivity contribution in [2.75, 3.05) is 7.11 Å². The van der Waals surface area contributed by atoms with E-state index in [9.17, 15) is 0 Å². The highest BCUT2D eigenvalue weighted by molar-refractivity contribution is 4.81. The molecule has 1 aromatic rings. The Kier molecular flexibility index (Phi) is 2.65. The second-order valence-electron chi connectivity index (χ2n) is 2.57. The van der Waals surface area contributed by atoms with Crippen molar-refractivity contribution in [3.63, 3.8) is 0 Å². The first-order valence-corrected chi connectivity index (χ1v) is 3.82. The Morgan fingerprint density at radius 2 is 2.36 bits per heavy atom. The fourth-order valence-electron chi connectivity index (χ4n) is 1.26. The van der Waals surface area contributed by atoms with Gasteiger partial charge < -0.3 is 4.74 Å². The Labute approximate surface area is 67.2 Å². The van der Waals surface area contributed by atoms with Gasteiger partial charge in [-0.1, -0.05) is 6.92 Å². The summed E-state index contributed by atoms with van der Waals surface area (Å²) in [6.45, 7) is 2.78. The van der Waals surface area contributed by atoms with Crippen molar-refractivity contribution in [3.8, 4) is 0 Å². The zero-order chi connectivity index (χ0) is 8.27. The predicted molar refractivity (Wildman–Crippen MR) is 42.0 cm³/mol. The summed E-state index contributed by atoms with van der Waals surface area (Å²) in [5.74, 6) is 1.28. The zero-order valence-electron chi connectivity index (χ0n) is 7.37. The van der Waals surface area contributed by atoms with Gasteiger partial charge in [0.1, 0.15) is 12.4 Å². The number of ether oxygens (including phenoxy) is 1. The molecule has 1 rings (SSSR count). The SMILES string of the molecule is CCc1n(COC)cc[n+]1C. The fourth-order valence-corrected chi connectivity index (χ4v) is 1.26. The van der Waals surface area contributed by atoms with Crippen LogP contribution in [0.5, 0.6) is 0 Å². The summed E-state index contributed by atoms with van der Waals surface area (Å²) in [7, 11) is 3.75. The maximum atomic E-state index is 5.03. The summed E-state index contributed by atoms with van der Waals surface area (Å²) >= 11 is 0. The molecule has 1 aromatic heterocycles. The summed E-state index contributed by atoms with van der Waals surface area (Å²) in [5, 5.41) is 0. The highest BCUT2D eigenvalue weighted by atomic mass is 16.5. The van der Waals surface area contributed by atoms with Gasteiger partial charge in [-0.15, -0.1) is 0 Å². The van der Waals surface area contributed by atoms with Crippen LogP contribution in [0.1, 0.15) is 12.7 Å². The van der Waals surface area contributed by atoms with Gasteiger partial charge in [0.25, 0.3) is 5.82 Å². The fraction of sp³-hybridized carbons (Fsp3) is 0.625. The predicted octanol–water partition coefficient (Wildman–Crippen LogP) is 0.479. The van der Waals surface area contributed by atoms with Crippen LogP contribution < -0.4 is 4.57 Å². The van der Waals surface area contributed by atoms with E-state index in [1.807, 2.05) is 19.4 Å². The van der Waals surface area contributed by atoms with Crippen LogP contribution in [0.25, 0.3) is 0 Å². The van der Waals surface area contributed by atoms with Crippen LogP contribution in [0.2, 0.25) is 0 Å². The third kappa shape index (κ3) is 1.60. The van der Waals surface area contributed by atoms with E-state index in [4.69, 9.17) is 4.74 Å². The number of rotatable bonds is 3. The molecular weight excluding hydrogens is 140 g/mol. The minimum atomic E-state index is 0.643. The van der Waals surface area contributed by atoms with Crippen LogP contribution in [0, 0.1) is 0 Å². The Bertz CT molecular complexity index is 230. The van der Waals surface area contributed by atoms with Crippen LogP contribution in [0.3, 0.4) is 0 Å². The third-order valence-electron chi connectivity index (χ3n) is 1.79. The number of aryl methyl sites for hydroxylation is 1. The van der Waals surface area contributed by atoms with Crippen molar-refractivity contribution in [1.82, 2.24) is 4.57 Å². The van der Waals surface area contributed by atoms with E-state index in [2.05, 4.69) is 16.1 Å². The second-order valence-corrected chi connectivity index (χ2v) is 2.57. The quantitative estimate of drug-likeness (QED) is 0.581. The summed E-state index contributed by atoms with van der Waals surface area (Å²) in [6.07, 6.45) is 5.10. The van der Waals surface area contributed by atoms with Crippen molar-refractivity contribution in [2.24, 2.45) is 7.05 Å². The minimum Gasteiger partial charge on any atom is -0.345 e. The summed E-state index contributed by atoms with van der Waals surface area (Å²) in [6, 6.07) is 0. The lowest BCUT2D eigenvalue weighted by Gasteiger charge is -1.97. The first-order valence-electron chi connectivity index (χ1n) is 3.82. The lowest BCUT2D eigenvalue weighted by molar-refractivity contribution is -0.678. The van der Waals surface area contributed by atoms with Crippen LogP contribution in [0.4, 0.5) is 0 Å². The topological polar surface area (TPSA) is 18.0 Å². The van der Waals surface area contributed by atoms with Crippen molar-refractivity contribution < 1.29 is 9.30 Å². The number of hydrogen-bond donors (Lipinski definition) is 0. The Morgan fingerprint density at radius 3 is 2.91 bits per heavy atom. The standard InChI is InChI=1S/C8H15N2O/c1-4-8-9(2)5-6-10(8)7-11-3/h5-6H,4,7H2,1-3H3/q+1. The zero-order valence-corrected chi connectivity index (χ0v) is 7.37.